The molecule has 20 heavy (non-hydrogen) atoms. The molecule has 0 bridgehead atoms. The molecular weight excluding hydrogens is 242 g/mol. The maximum Gasteiger partial charge on any atom is -0.00460 e. The molecule has 2 aromatic rings. The highest BCUT2D eigenvalue weighted by Gasteiger charge is 2.14. The maximum absolute atomic E-state index is 3.29. The van der Waals surface area contributed by atoms with Gasteiger partial charge in [0.05, 0.1) is 0 Å². The molecule has 0 amide bonds. The molecule has 1 unspecified atom stereocenters. The second-order valence-electron chi connectivity index (χ2n) is 5.58. The molecule has 0 fully saturated rings. The summed E-state index contributed by atoms with van der Waals surface area (Å²) in [4.78, 5) is 0. The van der Waals surface area contributed by atoms with Crippen molar-refractivity contribution in [1.82, 2.24) is 5.32 Å². The van der Waals surface area contributed by atoms with Crippen LogP contribution in [0.25, 0.3) is 0 Å². The Morgan fingerprint density at radius 2 is 1.55 bits per heavy atom. The largest absolute Gasteiger partial charge is 0.320 e. The lowest BCUT2D eigenvalue weighted by atomic mass is 9.85. The van der Waals surface area contributed by atoms with Crippen molar-refractivity contribution in [3.05, 3.63) is 70.8 Å². The zero-order chi connectivity index (χ0) is 14.4. The van der Waals surface area contributed by atoms with E-state index in [1.165, 1.54) is 28.7 Å². The number of hydrogen-bond acceptors (Lipinski definition) is 1. The third kappa shape index (κ3) is 3.71. The van der Waals surface area contributed by atoms with Crippen molar-refractivity contribution in [3.8, 4) is 0 Å². The van der Waals surface area contributed by atoms with Crippen molar-refractivity contribution in [2.45, 2.75) is 32.6 Å². The van der Waals surface area contributed by atoms with Crippen LogP contribution in [0.4, 0.5) is 0 Å². The molecule has 0 spiro atoms. The van der Waals surface area contributed by atoms with Gasteiger partial charge in [0.1, 0.15) is 0 Å². The second-order valence-corrected chi connectivity index (χ2v) is 5.58. The molecule has 1 N–H and O–H groups in total. The van der Waals surface area contributed by atoms with Crippen LogP contribution >= 0.6 is 0 Å². The molecule has 0 radical (unpaired) electrons. The van der Waals surface area contributed by atoms with Gasteiger partial charge in [0.25, 0.3) is 0 Å². The monoisotopic (exact) mass is 267 g/mol. The Morgan fingerprint density at radius 3 is 2.20 bits per heavy atom. The van der Waals surface area contributed by atoms with Gasteiger partial charge in [-0.05, 0) is 68.5 Å². The number of benzene rings is 2. The van der Waals surface area contributed by atoms with E-state index >= 15 is 0 Å². The summed E-state index contributed by atoms with van der Waals surface area (Å²) in [6.07, 6.45) is 2.30. The predicted octanol–water partition coefficient (Wildman–Crippen LogP) is 4.24. The van der Waals surface area contributed by atoms with Crippen LogP contribution in [0.5, 0.6) is 0 Å². The Balaban J connectivity index is 2.24. The fraction of sp³-hybridized carbons (Fsp3) is 0.368. The highest BCUT2D eigenvalue weighted by Crippen LogP contribution is 2.27. The van der Waals surface area contributed by atoms with Crippen molar-refractivity contribution < 1.29 is 0 Å². The van der Waals surface area contributed by atoms with Crippen LogP contribution in [0.15, 0.2) is 48.5 Å². The minimum Gasteiger partial charge on any atom is -0.320 e. The Kier molecular flexibility index (Phi) is 5.37. The predicted molar refractivity (Wildman–Crippen MR) is 87.3 cm³/mol. The fourth-order valence-corrected chi connectivity index (χ4v) is 2.84. The number of aryl methyl sites for hydroxylation is 2. The third-order valence-electron chi connectivity index (χ3n) is 4.10. The van der Waals surface area contributed by atoms with Crippen LogP contribution in [-0.2, 0) is 6.42 Å². The van der Waals surface area contributed by atoms with Gasteiger partial charge in [-0.15, -0.1) is 0 Å². The van der Waals surface area contributed by atoms with Crippen LogP contribution in [0, 0.1) is 13.8 Å². The van der Waals surface area contributed by atoms with E-state index in [1.54, 1.807) is 0 Å². The molecule has 106 valence electrons. The molecule has 0 saturated heterocycles. The average Bonchev–Trinajstić information content (AvgIpc) is 2.46. The lowest BCUT2D eigenvalue weighted by Crippen LogP contribution is -2.15. The molecule has 1 heteroatoms. The van der Waals surface area contributed by atoms with Gasteiger partial charge >= 0.3 is 0 Å². The highest BCUT2D eigenvalue weighted by molar-refractivity contribution is 5.33. The van der Waals surface area contributed by atoms with E-state index in [1.807, 2.05) is 7.05 Å². The van der Waals surface area contributed by atoms with Gasteiger partial charge in [-0.25, -0.2) is 0 Å². The van der Waals surface area contributed by atoms with E-state index in [-0.39, 0.29) is 0 Å². The SMILES string of the molecule is CNCCC(Cc1ccccc1C)c1ccccc1C. The van der Waals surface area contributed by atoms with E-state index in [0.29, 0.717) is 5.92 Å². The van der Waals surface area contributed by atoms with Crippen molar-refractivity contribution in [1.29, 1.82) is 0 Å². The van der Waals surface area contributed by atoms with Gasteiger partial charge in [-0.2, -0.15) is 0 Å². The maximum atomic E-state index is 3.29. The number of nitrogens with one attached hydrogen (secondary N) is 1. The minimum atomic E-state index is 0.588. The first-order valence-corrected chi connectivity index (χ1v) is 7.47. The lowest BCUT2D eigenvalue weighted by molar-refractivity contribution is 0.589. The summed E-state index contributed by atoms with van der Waals surface area (Å²) in [6, 6.07) is 17.5. The minimum absolute atomic E-state index is 0.588. The summed E-state index contributed by atoms with van der Waals surface area (Å²) < 4.78 is 0. The summed E-state index contributed by atoms with van der Waals surface area (Å²) in [5.74, 6) is 0.588. The Morgan fingerprint density at radius 1 is 0.900 bits per heavy atom. The standard InChI is InChI=1S/C19H25N/c1-15-8-4-6-10-17(15)14-18(12-13-20-3)19-11-7-5-9-16(19)2/h4-11,18,20H,12-14H2,1-3H3. The van der Waals surface area contributed by atoms with Crippen molar-refractivity contribution in [2.24, 2.45) is 0 Å². The molecule has 2 aromatic carbocycles. The first kappa shape index (κ1) is 14.8. The molecule has 0 saturated carbocycles. The lowest BCUT2D eigenvalue weighted by Gasteiger charge is -2.20. The first-order chi connectivity index (χ1) is 9.72. The van der Waals surface area contributed by atoms with Crippen molar-refractivity contribution in [3.63, 3.8) is 0 Å². The summed E-state index contributed by atoms with van der Waals surface area (Å²) in [7, 11) is 2.03. The molecular formula is C19H25N. The zero-order valence-corrected chi connectivity index (χ0v) is 12.8. The highest BCUT2D eigenvalue weighted by atomic mass is 14.8. The Labute approximate surface area is 123 Å². The van der Waals surface area contributed by atoms with Gasteiger partial charge in [-0.3, -0.25) is 0 Å². The molecule has 0 heterocycles. The average molecular weight is 267 g/mol. The smallest absolute Gasteiger partial charge is 0.00460 e. The van der Waals surface area contributed by atoms with E-state index in [2.05, 4.69) is 67.7 Å². The summed E-state index contributed by atoms with van der Waals surface area (Å²) >= 11 is 0. The summed E-state index contributed by atoms with van der Waals surface area (Å²) in [5.41, 5.74) is 5.76. The van der Waals surface area contributed by atoms with E-state index in [4.69, 9.17) is 0 Å². The Bertz CT molecular complexity index is 545. The van der Waals surface area contributed by atoms with Crippen LogP contribution in [-0.4, -0.2) is 13.6 Å². The normalized spacial score (nSPS) is 12.3. The summed E-state index contributed by atoms with van der Waals surface area (Å²) in [6.45, 7) is 5.49. The molecule has 0 aliphatic carbocycles. The third-order valence-corrected chi connectivity index (χ3v) is 4.10. The van der Waals surface area contributed by atoms with E-state index in [0.717, 1.165) is 13.0 Å². The topological polar surface area (TPSA) is 12.0 Å². The van der Waals surface area contributed by atoms with Gasteiger partial charge in [-0.1, -0.05) is 48.5 Å². The zero-order valence-electron chi connectivity index (χ0n) is 12.8. The first-order valence-electron chi connectivity index (χ1n) is 7.47. The van der Waals surface area contributed by atoms with Crippen LogP contribution in [0.3, 0.4) is 0 Å². The molecule has 0 aromatic heterocycles. The van der Waals surface area contributed by atoms with E-state index in [9.17, 15) is 0 Å². The molecule has 0 aliphatic rings. The van der Waals surface area contributed by atoms with Gasteiger partial charge in [0.15, 0.2) is 0 Å². The quantitative estimate of drug-likeness (QED) is 0.825. The van der Waals surface area contributed by atoms with Gasteiger partial charge in [0.2, 0.25) is 0 Å². The number of hydrogen-bond donors (Lipinski definition) is 1. The van der Waals surface area contributed by atoms with Gasteiger partial charge in [0, 0.05) is 0 Å². The fourth-order valence-electron chi connectivity index (χ4n) is 2.84. The Hall–Kier alpha value is -1.60. The van der Waals surface area contributed by atoms with Crippen molar-refractivity contribution in [2.75, 3.05) is 13.6 Å². The van der Waals surface area contributed by atoms with Crippen molar-refractivity contribution >= 4 is 0 Å². The van der Waals surface area contributed by atoms with E-state index < -0.39 is 0 Å². The van der Waals surface area contributed by atoms with Crippen LogP contribution in [0.2, 0.25) is 0 Å². The molecule has 1 nitrogen and oxygen atoms in total. The summed E-state index contributed by atoms with van der Waals surface area (Å²) in [5, 5.41) is 3.29. The number of rotatable bonds is 6. The van der Waals surface area contributed by atoms with Gasteiger partial charge < -0.3 is 5.32 Å². The molecule has 1 atom stereocenters. The molecule has 0 aliphatic heterocycles. The van der Waals surface area contributed by atoms with Crippen LogP contribution in [0.1, 0.15) is 34.6 Å². The van der Waals surface area contributed by atoms with Crippen LogP contribution < -0.4 is 5.32 Å². The molecule has 2 rings (SSSR count). The second kappa shape index (κ2) is 7.25.